The molecule has 5 heteroatoms. The van der Waals surface area contributed by atoms with Crippen molar-refractivity contribution in [3.63, 3.8) is 0 Å². The monoisotopic (exact) mass is 350 g/mol. The van der Waals surface area contributed by atoms with Gasteiger partial charge in [0, 0.05) is 23.6 Å². The average Bonchev–Trinajstić information content (AvgIpc) is 2.34. The second kappa shape index (κ2) is 7.58. The van der Waals surface area contributed by atoms with E-state index in [-0.39, 0.29) is 24.3 Å². The minimum Gasteiger partial charge on any atom is -0.328 e. The predicted molar refractivity (Wildman–Crippen MR) is 83.0 cm³/mol. The molecule has 19 heavy (non-hydrogen) atoms. The lowest BCUT2D eigenvalue weighted by molar-refractivity contribution is 0.154. The summed E-state index contributed by atoms with van der Waals surface area (Å²) in [4.78, 5) is 2.37. The first-order chi connectivity index (χ1) is 8.56. The van der Waals surface area contributed by atoms with Crippen LogP contribution in [0.25, 0.3) is 0 Å². The summed E-state index contributed by atoms with van der Waals surface area (Å²) in [5.74, 6) is 0.389. The normalized spacial score (nSPS) is 21.8. The molecule has 0 radical (unpaired) electrons. The number of hydrogen-bond donors (Lipinski definition) is 1. The molecule has 2 atom stereocenters. The van der Waals surface area contributed by atoms with Gasteiger partial charge in [0.05, 0.1) is 0 Å². The molecular weight excluding hydrogens is 331 g/mol. The second-order valence-corrected chi connectivity index (χ2v) is 6.09. The SMILES string of the molecule is CC(N)C1CCCN(Cc2cc(F)ccc2Br)C1.Cl. The predicted octanol–water partition coefficient (Wildman–Crippen LogP) is 3.57. The number of nitrogens with zero attached hydrogens (tertiary/aromatic N) is 1. The molecule has 2 nitrogen and oxygen atoms in total. The van der Waals surface area contributed by atoms with Crippen LogP contribution in [0.5, 0.6) is 0 Å². The van der Waals surface area contributed by atoms with Gasteiger partial charge < -0.3 is 5.73 Å². The molecule has 0 aromatic heterocycles. The van der Waals surface area contributed by atoms with E-state index in [9.17, 15) is 4.39 Å². The summed E-state index contributed by atoms with van der Waals surface area (Å²) < 4.78 is 14.2. The fraction of sp³-hybridized carbons (Fsp3) is 0.571. The molecular formula is C14H21BrClFN2. The molecule has 2 rings (SSSR count). The molecule has 1 aromatic rings. The van der Waals surface area contributed by atoms with Crippen LogP contribution in [0.15, 0.2) is 22.7 Å². The summed E-state index contributed by atoms with van der Waals surface area (Å²) in [6.45, 7) is 4.96. The van der Waals surface area contributed by atoms with Gasteiger partial charge in [-0.3, -0.25) is 4.90 Å². The van der Waals surface area contributed by atoms with Crippen LogP contribution in [0.1, 0.15) is 25.3 Å². The zero-order valence-corrected chi connectivity index (χ0v) is 13.5. The maximum absolute atomic E-state index is 13.2. The first-order valence-corrected chi connectivity index (χ1v) is 7.27. The van der Waals surface area contributed by atoms with Gasteiger partial charge in [-0.05, 0) is 56.0 Å². The molecule has 108 valence electrons. The van der Waals surface area contributed by atoms with E-state index in [1.54, 1.807) is 12.1 Å². The standard InChI is InChI=1S/C14H20BrFN2.ClH/c1-10(17)11-3-2-6-18(8-11)9-12-7-13(16)4-5-14(12)15;/h4-5,7,10-11H,2-3,6,8-9,17H2,1H3;1H. The molecule has 0 aliphatic carbocycles. The zero-order chi connectivity index (χ0) is 13.1. The Bertz CT molecular complexity index is 414. The number of piperidine rings is 1. The molecule has 1 aliphatic rings. The van der Waals surface area contributed by atoms with E-state index < -0.39 is 0 Å². The third kappa shape index (κ3) is 4.71. The number of benzene rings is 1. The van der Waals surface area contributed by atoms with Crippen LogP contribution in [0.3, 0.4) is 0 Å². The first kappa shape index (κ1) is 16.9. The second-order valence-electron chi connectivity index (χ2n) is 5.23. The molecule has 1 fully saturated rings. The third-order valence-corrected chi connectivity index (χ3v) is 4.46. The number of likely N-dealkylation sites (tertiary alicyclic amines) is 1. The molecule has 0 amide bonds. The minimum absolute atomic E-state index is 0. The number of nitrogens with two attached hydrogens (primary N) is 1. The van der Waals surface area contributed by atoms with E-state index in [4.69, 9.17) is 5.73 Å². The average molecular weight is 352 g/mol. The van der Waals surface area contributed by atoms with Crippen LogP contribution in [0.2, 0.25) is 0 Å². The van der Waals surface area contributed by atoms with Gasteiger partial charge in [0.15, 0.2) is 0 Å². The lowest BCUT2D eigenvalue weighted by Crippen LogP contribution is -2.41. The molecule has 1 aromatic carbocycles. The van der Waals surface area contributed by atoms with Gasteiger partial charge in [0.2, 0.25) is 0 Å². The Labute approximate surface area is 129 Å². The van der Waals surface area contributed by atoms with Gasteiger partial charge >= 0.3 is 0 Å². The highest BCUT2D eigenvalue weighted by Gasteiger charge is 2.23. The van der Waals surface area contributed by atoms with Gasteiger partial charge in [-0.2, -0.15) is 0 Å². The van der Waals surface area contributed by atoms with Crippen LogP contribution in [0.4, 0.5) is 4.39 Å². The van der Waals surface area contributed by atoms with E-state index in [1.165, 1.54) is 18.9 Å². The Kier molecular flexibility index (Phi) is 6.74. The fourth-order valence-corrected chi connectivity index (χ4v) is 2.94. The summed E-state index contributed by atoms with van der Waals surface area (Å²) >= 11 is 3.48. The lowest BCUT2D eigenvalue weighted by Gasteiger charge is -2.34. The fourth-order valence-electron chi connectivity index (χ4n) is 2.57. The number of rotatable bonds is 3. The molecule has 1 heterocycles. The lowest BCUT2D eigenvalue weighted by atomic mass is 9.92. The summed E-state index contributed by atoms with van der Waals surface area (Å²) in [7, 11) is 0. The highest BCUT2D eigenvalue weighted by Crippen LogP contribution is 2.24. The van der Waals surface area contributed by atoms with E-state index in [0.717, 1.165) is 29.7 Å². The van der Waals surface area contributed by atoms with Gasteiger partial charge in [-0.15, -0.1) is 12.4 Å². The van der Waals surface area contributed by atoms with E-state index >= 15 is 0 Å². The minimum atomic E-state index is -0.172. The van der Waals surface area contributed by atoms with E-state index in [0.29, 0.717) is 5.92 Å². The van der Waals surface area contributed by atoms with Crippen molar-refractivity contribution in [3.8, 4) is 0 Å². The van der Waals surface area contributed by atoms with Crippen LogP contribution in [-0.4, -0.2) is 24.0 Å². The summed E-state index contributed by atoms with van der Waals surface area (Å²) in [5.41, 5.74) is 7.00. The quantitative estimate of drug-likeness (QED) is 0.902. The maximum Gasteiger partial charge on any atom is 0.123 e. The zero-order valence-electron chi connectivity index (χ0n) is 11.1. The third-order valence-electron chi connectivity index (χ3n) is 3.69. The van der Waals surface area contributed by atoms with Crippen LogP contribution < -0.4 is 5.73 Å². The van der Waals surface area contributed by atoms with Crippen LogP contribution in [-0.2, 0) is 6.54 Å². The molecule has 2 N–H and O–H groups in total. The Hall–Kier alpha value is -0.160. The van der Waals surface area contributed by atoms with Crippen LogP contribution >= 0.6 is 28.3 Å². The Morgan fingerprint density at radius 3 is 2.95 bits per heavy atom. The van der Waals surface area contributed by atoms with Crippen molar-refractivity contribution in [1.82, 2.24) is 4.90 Å². The van der Waals surface area contributed by atoms with Crippen molar-refractivity contribution in [2.24, 2.45) is 11.7 Å². The highest BCUT2D eigenvalue weighted by molar-refractivity contribution is 9.10. The number of hydrogen-bond acceptors (Lipinski definition) is 2. The van der Waals surface area contributed by atoms with Crippen molar-refractivity contribution in [1.29, 1.82) is 0 Å². The largest absolute Gasteiger partial charge is 0.328 e. The van der Waals surface area contributed by atoms with E-state index in [2.05, 4.69) is 27.8 Å². The van der Waals surface area contributed by atoms with Crippen molar-refractivity contribution in [3.05, 3.63) is 34.1 Å². The molecule has 0 saturated carbocycles. The highest BCUT2D eigenvalue weighted by atomic mass is 79.9. The first-order valence-electron chi connectivity index (χ1n) is 6.48. The molecule has 1 saturated heterocycles. The molecule has 2 unspecified atom stereocenters. The van der Waals surface area contributed by atoms with Crippen molar-refractivity contribution in [2.75, 3.05) is 13.1 Å². The molecule has 1 aliphatic heterocycles. The Morgan fingerprint density at radius 2 is 2.26 bits per heavy atom. The molecule has 0 bridgehead atoms. The van der Waals surface area contributed by atoms with E-state index in [1.807, 2.05) is 0 Å². The Balaban J connectivity index is 0.00000180. The molecule has 0 spiro atoms. The number of halogens is 3. The van der Waals surface area contributed by atoms with Gasteiger partial charge in [-0.25, -0.2) is 4.39 Å². The summed E-state index contributed by atoms with van der Waals surface area (Å²) in [6.07, 6.45) is 2.39. The summed E-state index contributed by atoms with van der Waals surface area (Å²) in [6, 6.07) is 5.11. The van der Waals surface area contributed by atoms with Gasteiger partial charge in [0.1, 0.15) is 5.82 Å². The maximum atomic E-state index is 13.2. The topological polar surface area (TPSA) is 29.3 Å². The van der Waals surface area contributed by atoms with Crippen molar-refractivity contribution in [2.45, 2.75) is 32.4 Å². The van der Waals surface area contributed by atoms with Gasteiger partial charge in [0.25, 0.3) is 0 Å². The van der Waals surface area contributed by atoms with Crippen LogP contribution in [0, 0.1) is 11.7 Å². The smallest absolute Gasteiger partial charge is 0.123 e. The van der Waals surface area contributed by atoms with Crippen molar-refractivity contribution >= 4 is 28.3 Å². The van der Waals surface area contributed by atoms with Crippen molar-refractivity contribution < 1.29 is 4.39 Å². The van der Waals surface area contributed by atoms with Gasteiger partial charge in [-0.1, -0.05) is 15.9 Å². The summed E-state index contributed by atoms with van der Waals surface area (Å²) in [5, 5.41) is 0. The Morgan fingerprint density at radius 1 is 1.53 bits per heavy atom.